The van der Waals surface area contributed by atoms with Crippen molar-refractivity contribution in [3.8, 4) is 0 Å². The first kappa shape index (κ1) is 9.13. The lowest BCUT2D eigenvalue weighted by Gasteiger charge is -2.05. The van der Waals surface area contributed by atoms with E-state index in [0.29, 0.717) is 5.56 Å². The molecule has 3 heteroatoms. The number of rotatable bonds is 2. The number of halogens is 2. The molecule has 0 saturated carbocycles. The van der Waals surface area contributed by atoms with Crippen LogP contribution in [0.3, 0.4) is 0 Å². The number of hydrogen-bond acceptors (Lipinski definition) is 1. The molecule has 1 aromatic rings. The van der Waals surface area contributed by atoms with Crippen LogP contribution in [0.15, 0.2) is 18.2 Å². The summed E-state index contributed by atoms with van der Waals surface area (Å²) in [5.74, 6) is -0.601. The molecule has 0 saturated heterocycles. The zero-order chi connectivity index (χ0) is 9.14. The Kier molecular flexibility index (Phi) is 2.76. The molecule has 1 nitrogen and oxygen atoms in total. The Morgan fingerprint density at radius 2 is 2.17 bits per heavy atom. The molecule has 12 heavy (non-hydrogen) atoms. The van der Waals surface area contributed by atoms with E-state index in [-0.39, 0.29) is 5.56 Å². The van der Waals surface area contributed by atoms with E-state index >= 15 is 0 Å². The van der Waals surface area contributed by atoms with E-state index in [1.807, 2.05) is 0 Å². The van der Waals surface area contributed by atoms with Crippen LogP contribution in [-0.2, 0) is 6.67 Å². The first-order valence-corrected chi connectivity index (χ1v) is 3.67. The third-order valence-electron chi connectivity index (χ3n) is 1.70. The smallest absolute Gasteiger partial charge is 0.129 e. The van der Waals surface area contributed by atoms with Gasteiger partial charge in [-0.1, -0.05) is 12.1 Å². The molecule has 1 aromatic carbocycles. The lowest BCUT2D eigenvalue weighted by Crippen LogP contribution is -1.94. The molecule has 1 atom stereocenters. The molecule has 0 bridgehead atoms. The summed E-state index contributed by atoms with van der Waals surface area (Å²) in [5.41, 5.74) is 0.490. The minimum Gasteiger partial charge on any atom is -0.389 e. The average molecular weight is 172 g/mol. The van der Waals surface area contributed by atoms with E-state index < -0.39 is 18.6 Å². The van der Waals surface area contributed by atoms with E-state index in [2.05, 4.69) is 0 Å². The molecule has 1 unspecified atom stereocenters. The van der Waals surface area contributed by atoms with Crippen molar-refractivity contribution in [2.24, 2.45) is 0 Å². The highest BCUT2D eigenvalue weighted by molar-refractivity contribution is 5.25. The van der Waals surface area contributed by atoms with Crippen LogP contribution in [0.25, 0.3) is 0 Å². The van der Waals surface area contributed by atoms with Gasteiger partial charge < -0.3 is 5.11 Å². The molecule has 0 amide bonds. The molecule has 0 spiro atoms. The number of aliphatic hydroxyl groups is 1. The van der Waals surface area contributed by atoms with E-state index in [9.17, 15) is 8.78 Å². The van der Waals surface area contributed by atoms with Gasteiger partial charge in [-0.25, -0.2) is 8.78 Å². The quantitative estimate of drug-likeness (QED) is 0.726. The zero-order valence-electron chi connectivity index (χ0n) is 6.72. The van der Waals surface area contributed by atoms with Crippen molar-refractivity contribution in [1.82, 2.24) is 0 Å². The minimum absolute atomic E-state index is 0.0272. The maximum absolute atomic E-state index is 12.9. The van der Waals surface area contributed by atoms with Gasteiger partial charge in [0.15, 0.2) is 0 Å². The zero-order valence-corrected chi connectivity index (χ0v) is 6.72. The van der Waals surface area contributed by atoms with Gasteiger partial charge >= 0.3 is 0 Å². The molecular weight excluding hydrogens is 162 g/mol. The standard InChI is InChI=1S/C9H10F2O/c1-6(12)7-2-3-8(5-10)9(11)4-7/h2-4,6,12H,5H2,1H3. The number of hydrogen-bond donors (Lipinski definition) is 1. The van der Waals surface area contributed by atoms with Crippen LogP contribution in [0, 0.1) is 5.82 Å². The van der Waals surface area contributed by atoms with Crippen LogP contribution in [0.2, 0.25) is 0 Å². The Balaban J connectivity index is 3.02. The van der Waals surface area contributed by atoms with Gasteiger partial charge in [0.25, 0.3) is 0 Å². The summed E-state index contributed by atoms with van der Waals surface area (Å²) in [7, 11) is 0. The number of benzene rings is 1. The predicted molar refractivity (Wildman–Crippen MR) is 41.8 cm³/mol. The fourth-order valence-electron chi connectivity index (χ4n) is 0.932. The van der Waals surface area contributed by atoms with Gasteiger partial charge in [0.05, 0.1) is 6.10 Å². The third kappa shape index (κ3) is 1.80. The van der Waals surface area contributed by atoms with E-state index in [1.165, 1.54) is 19.1 Å². The largest absolute Gasteiger partial charge is 0.389 e. The SMILES string of the molecule is CC(O)c1ccc(CF)c(F)c1. The topological polar surface area (TPSA) is 20.2 Å². The van der Waals surface area contributed by atoms with Crippen LogP contribution in [-0.4, -0.2) is 5.11 Å². The third-order valence-corrected chi connectivity index (χ3v) is 1.70. The van der Waals surface area contributed by atoms with Crippen LogP contribution in [0.1, 0.15) is 24.2 Å². The van der Waals surface area contributed by atoms with Crippen molar-refractivity contribution in [2.75, 3.05) is 0 Å². The molecule has 1 rings (SSSR count). The molecule has 0 aromatic heterocycles. The van der Waals surface area contributed by atoms with Crippen LogP contribution in [0.4, 0.5) is 8.78 Å². The minimum atomic E-state index is -0.814. The highest BCUT2D eigenvalue weighted by Crippen LogP contribution is 2.16. The van der Waals surface area contributed by atoms with E-state index in [1.54, 1.807) is 0 Å². The normalized spacial score (nSPS) is 13.0. The van der Waals surface area contributed by atoms with Crippen molar-refractivity contribution < 1.29 is 13.9 Å². The monoisotopic (exact) mass is 172 g/mol. The van der Waals surface area contributed by atoms with E-state index in [0.717, 1.165) is 6.07 Å². The summed E-state index contributed by atoms with van der Waals surface area (Å²) in [4.78, 5) is 0. The van der Waals surface area contributed by atoms with Gasteiger partial charge in [-0.2, -0.15) is 0 Å². The second-order valence-electron chi connectivity index (χ2n) is 2.66. The highest BCUT2D eigenvalue weighted by Gasteiger charge is 2.05. The lowest BCUT2D eigenvalue weighted by atomic mass is 10.1. The van der Waals surface area contributed by atoms with Crippen molar-refractivity contribution in [2.45, 2.75) is 19.7 Å². The van der Waals surface area contributed by atoms with Gasteiger partial charge in [-0.15, -0.1) is 0 Å². The van der Waals surface area contributed by atoms with Gasteiger partial charge in [0.2, 0.25) is 0 Å². The Morgan fingerprint density at radius 3 is 2.58 bits per heavy atom. The van der Waals surface area contributed by atoms with Crippen LogP contribution in [0.5, 0.6) is 0 Å². The first-order valence-electron chi connectivity index (χ1n) is 3.67. The lowest BCUT2D eigenvalue weighted by molar-refractivity contribution is 0.198. The van der Waals surface area contributed by atoms with Gasteiger partial charge in [-0.3, -0.25) is 0 Å². The molecule has 0 heterocycles. The molecule has 0 fully saturated rings. The second-order valence-corrected chi connectivity index (χ2v) is 2.66. The van der Waals surface area contributed by atoms with Crippen molar-refractivity contribution in [3.63, 3.8) is 0 Å². The predicted octanol–water partition coefficient (Wildman–Crippen LogP) is 2.35. The number of aliphatic hydroxyl groups excluding tert-OH is 1. The highest BCUT2D eigenvalue weighted by atomic mass is 19.1. The van der Waals surface area contributed by atoms with Crippen LogP contribution < -0.4 is 0 Å². The maximum Gasteiger partial charge on any atom is 0.129 e. The maximum atomic E-state index is 12.9. The Bertz CT molecular complexity index is 271. The average Bonchev–Trinajstić information content (AvgIpc) is 2.04. The number of alkyl halides is 1. The van der Waals surface area contributed by atoms with Crippen molar-refractivity contribution >= 4 is 0 Å². The van der Waals surface area contributed by atoms with E-state index in [4.69, 9.17) is 5.11 Å². The molecule has 1 N–H and O–H groups in total. The first-order chi connectivity index (χ1) is 5.65. The van der Waals surface area contributed by atoms with Crippen molar-refractivity contribution in [3.05, 3.63) is 35.1 Å². The summed E-state index contributed by atoms with van der Waals surface area (Å²) in [6.45, 7) is 0.718. The molecule has 0 radical (unpaired) electrons. The van der Waals surface area contributed by atoms with Gasteiger partial charge in [0.1, 0.15) is 12.5 Å². The fraction of sp³-hybridized carbons (Fsp3) is 0.333. The molecule has 0 aliphatic heterocycles. The molecule has 0 aliphatic rings. The summed E-state index contributed by atoms with van der Waals surface area (Å²) in [6.07, 6.45) is -0.715. The van der Waals surface area contributed by atoms with Gasteiger partial charge in [0, 0.05) is 5.56 Å². The van der Waals surface area contributed by atoms with Gasteiger partial charge in [-0.05, 0) is 18.6 Å². The Morgan fingerprint density at radius 1 is 1.50 bits per heavy atom. The summed E-state index contributed by atoms with van der Waals surface area (Å²) < 4.78 is 24.9. The second kappa shape index (κ2) is 3.63. The summed E-state index contributed by atoms with van der Waals surface area (Å²) in [5, 5.41) is 9.05. The molecule has 66 valence electrons. The fourth-order valence-corrected chi connectivity index (χ4v) is 0.932. The Hall–Kier alpha value is -0.960. The molecule has 0 aliphatic carbocycles. The summed E-state index contributed by atoms with van der Waals surface area (Å²) in [6, 6.07) is 4.01. The summed E-state index contributed by atoms with van der Waals surface area (Å²) >= 11 is 0. The van der Waals surface area contributed by atoms with Crippen LogP contribution >= 0.6 is 0 Å². The molecular formula is C9H10F2O. The van der Waals surface area contributed by atoms with Crippen molar-refractivity contribution in [1.29, 1.82) is 0 Å². The Labute approximate surface area is 69.7 Å².